The van der Waals surface area contributed by atoms with Gasteiger partial charge in [-0.25, -0.2) is 14.6 Å². The first-order valence-electron chi connectivity index (χ1n) is 6.87. The molecule has 21 heavy (non-hydrogen) atoms. The fraction of sp³-hybridized carbons (Fsp3) is 0.615. The van der Waals surface area contributed by atoms with Crippen LogP contribution in [0.4, 0.5) is 4.79 Å². The molecular weight excluding hydrogens is 292 g/mol. The zero-order chi connectivity index (χ0) is 15.7. The Balaban J connectivity index is 2.40. The first kappa shape index (κ1) is 17.4. The Morgan fingerprint density at radius 3 is 2.81 bits per heavy atom. The lowest BCUT2D eigenvalue weighted by Crippen LogP contribution is -2.49. The van der Waals surface area contributed by atoms with Crippen LogP contribution in [0.15, 0.2) is 12.5 Å². The predicted octanol–water partition coefficient (Wildman–Crippen LogP) is 1.24. The lowest BCUT2D eigenvalue weighted by atomic mass is 10.1. The topological polar surface area (TPSA) is 107 Å². The molecule has 0 bridgehead atoms. The molecule has 0 radical (unpaired) electrons. The van der Waals surface area contributed by atoms with E-state index in [2.05, 4.69) is 27.5 Å². The Labute approximate surface area is 128 Å². The van der Waals surface area contributed by atoms with Gasteiger partial charge in [-0.2, -0.15) is 11.8 Å². The van der Waals surface area contributed by atoms with Crippen molar-refractivity contribution in [2.75, 3.05) is 11.5 Å². The van der Waals surface area contributed by atoms with Crippen LogP contribution in [0, 0.1) is 0 Å². The van der Waals surface area contributed by atoms with E-state index in [4.69, 9.17) is 5.11 Å². The number of nitrogens with one attached hydrogen (secondary N) is 3. The van der Waals surface area contributed by atoms with Gasteiger partial charge in [0.1, 0.15) is 6.04 Å². The van der Waals surface area contributed by atoms with Crippen molar-refractivity contribution in [1.29, 1.82) is 0 Å². The molecule has 1 heterocycles. The molecule has 0 aliphatic rings. The highest BCUT2D eigenvalue weighted by Gasteiger charge is 2.21. The molecule has 0 saturated carbocycles. The molecule has 0 spiro atoms. The Morgan fingerprint density at radius 1 is 1.48 bits per heavy atom. The van der Waals surface area contributed by atoms with Crippen LogP contribution in [0.5, 0.6) is 0 Å². The van der Waals surface area contributed by atoms with Crippen molar-refractivity contribution >= 4 is 23.8 Å². The molecule has 2 atom stereocenters. The van der Waals surface area contributed by atoms with E-state index < -0.39 is 18.0 Å². The number of hydrogen-bond donors (Lipinski definition) is 4. The largest absolute Gasteiger partial charge is 0.480 e. The average Bonchev–Trinajstić information content (AvgIpc) is 2.91. The zero-order valence-corrected chi connectivity index (χ0v) is 13.1. The predicted molar refractivity (Wildman–Crippen MR) is 82.5 cm³/mol. The number of aromatic amines is 1. The van der Waals surface area contributed by atoms with E-state index in [9.17, 15) is 9.59 Å². The van der Waals surface area contributed by atoms with Crippen molar-refractivity contribution in [2.45, 2.75) is 38.8 Å². The maximum atomic E-state index is 11.8. The summed E-state index contributed by atoms with van der Waals surface area (Å²) in [5.41, 5.74) is 0.662. The second-order valence-corrected chi connectivity index (χ2v) is 6.07. The number of aliphatic carboxylic acids is 1. The minimum Gasteiger partial charge on any atom is -0.480 e. The number of aromatic nitrogens is 2. The van der Waals surface area contributed by atoms with Crippen LogP contribution in [0.1, 0.15) is 26.0 Å². The van der Waals surface area contributed by atoms with Crippen LogP contribution in [0.2, 0.25) is 0 Å². The van der Waals surface area contributed by atoms with E-state index in [1.54, 1.807) is 6.20 Å². The molecule has 7 nitrogen and oxygen atoms in total. The number of imidazole rings is 1. The molecule has 1 aromatic rings. The molecule has 4 N–H and O–H groups in total. The highest BCUT2D eigenvalue weighted by molar-refractivity contribution is 7.99. The summed E-state index contributed by atoms with van der Waals surface area (Å²) in [5, 5.41) is 14.4. The summed E-state index contributed by atoms with van der Waals surface area (Å²) in [6, 6.07) is -1.44. The van der Waals surface area contributed by atoms with Gasteiger partial charge in [-0.15, -0.1) is 0 Å². The number of amides is 2. The van der Waals surface area contributed by atoms with Crippen molar-refractivity contribution in [2.24, 2.45) is 0 Å². The second-order valence-electron chi connectivity index (χ2n) is 4.68. The molecule has 0 aromatic carbocycles. The highest BCUT2D eigenvalue weighted by atomic mass is 32.2. The minimum atomic E-state index is -1.08. The lowest BCUT2D eigenvalue weighted by Gasteiger charge is -2.18. The normalized spacial score (nSPS) is 13.4. The van der Waals surface area contributed by atoms with Crippen LogP contribution in [0.25, 0.3) is 0 Å². The first-order chi connectivity index (χ1) is 10.0. The Bertz CT molecular complexity index is 439. The number of carbonyl (C=O) groups excluding carboxylic acids is 1. The van der Waals surface area contributed by atoms with E-state index >= 15 is 0 Å². The van der Waals surface area contributed by atoms with E-state index in [-0.39, 0.29) is 12.5 Å². The number of carbonyl (C=O) groups is 2. The van der Waals surface area contributed by atoms with E-state index in [1.807, 2.05) is 18.7 Å². The van der Waals surface area contributed by atoms with Gasteiger partial charge in [-0.1, -0.05) is 6.92 Å². The van der Waals surface area contributed by atoms with Gasteiger partial charge in [-0.05, 0) is 24.9 Å². The Kier molecular flexibility index (Phi) is 7.66. The smallest absolute Gasteiger partial charge is 0.326 e. The summed E-state index contributed by atoms with van der Waals surface area (Å²) < 4.78 is 0. The van der Waals surface area contributed by atoms with Crippen molar-refractivity contribution in [3.05, 3.63) is 18.2 Å². The average molecular weight is 314 g/mol. The van der Waals surface area contributed by atoms with Crippen molar-refractivity contribution in [3.63, 3.8) is 0 Å². The van der Waals surface area contributed by atoms with E-state index in [0.717, 1.165) is 17.9 Å². The van der Waals surface area contributed by atoms with E-state index in [0.29, 0.717) is 5.69 Å². The maximum absolute atomic E-state index is 11.8. The van der Waals surface area contributed by atoms with Gasteiger partial charge in [0.15, 0.2) is 0 Å². The van der Waals surface area contributed by atoms with Gasteiger partial charge in [0.2, 0.25) is 0 Å². The Hall–Kier alpha value is -1.70. The number of rotatable bonds is 9. The number of urea groups is 1. The molecule has 0 aliphatic heterocycles. The molecule has 1 rings (SSSR count). The third-order valence-corrected chi connectivity index (χ3v) is 3.79. The van der Waals surface area contributed by atoms with Crippen molar-refractivity contribution in [1.82, 2.24) is 20.6 Å². The molecule has 0 fully saturated rings. The summed E-state index contributed by atoms with van der Waals surface area (Å²) in [6.07, 6.45) is 4.04. The number of carboxylic acids is 1. The molecule has 8 heteroatoms. The van der Waals surface area contributed by atoms with Crippen LogP contribution in [-0.4, -0.2) is 50.7 Å². The summed E-state index contributed by atoms with van der Waals surface area (Å²) in [6.45, 7) is 3.99. The first-order valence-corrected chi connectivity index (χ1v) is 8.03. The lowest BCUT2D eigenvalue weighted by molar-refractivity contribution is -0.139. The van der Waals surface area contributed by atoms with Crippen molar-refractivity contribution in [3.8, 4) is 0 Å². The molecule has 0 aliphatic carbocycles. The molecule has 118 valence electrons. The minimum absolute atomic E-state index is 0.00523. The van der Waals surface area contributed by atoms with Gasteiger partial charge in [-0.3, -0.25) is 0 Å². The number of nitrogens with zero attached hydrogens (tertiary/aromatic N) is 1. The molecular formula is C13H22N4O3S. The third-order valence-electron chi connectivity index (χ3n) is 2.86. The monoisotopic (exact) mass is 314 g/mol. The number of H-pyrrole nitrogens is 1. The van der Waals surface area contributed by atoms with Gasteiger partial charge >= 0.3 is 12.0 Å². The summed E-state index contributed by atoms with van der Waals surface area (Å²) in [4.78, 5) is 29.6. The maximum Gasteiger partial charge on any atom is 0.326 e. The van der Waals surface area contributed by atoms with Gasteiger partial charge < -0.3 is 20.7 Å². The van der Waals surface area contributed by atoms with Crippen LogP contribution in [0.3, 0.4) is 0 Å². The summed E-state index contributed by atoms with van der Waals surface area (Å²) in [5.74, 6) is 0.937. The molecule has 0 saturated heterocycles. The highest BCUT2D eigenvalue weighted by Crippen LogP contribution is 2.04. The fourth-order valence-corrected chi connectivity index (χ4v) is 2.53. The van der Waals surface area contributed by atoms with Gasteiger partial charge in [0.25, 0.3) is 0 Å². The van der Waals surface area contributed by atoms with Crippen LogP contribution < -0.4 is 10.6 Å². The molecule has 1 aromatic heterocycles. The summed E-state index contributed by atoms with van der Waals surface area (Å²) >= 11 is 1.81. The van der Waals surface area contributed by atoms with E-state index in [1.165, 1.54) is 6.33 Å². The SMILES string of the molecule is CCSCCC(C)NC(=O)N[C@H](Cc1cnc[nH]1)C(=O)O. The van der Waals surface area contributed by atoms with Crippen LogP contribution >= 0.6 is 11.8 Å². The van der Waals surface area contributed by atoms with Gasteiger partial charge in [0.05, 0.1) is 6.33 Å². The number of hydrogen-bond acceptors (Lipinski definition) is 4. The Morgan fingerprint density at radius 2 is 2.24 bits per heavy atom. The number of carboxylic acid groups (broad SMARTS) is 1. The quantitative estimate of drug-likeness (QED) is 0.513. The number of thioether (sulfide) groups is 1. The molecule has 1 unspecified atom stereocenters. The van der Waals surface area contributed by atoms with Crippen LogP contribution in [-0.2, 0) is 11.2 Å². The fourth-order valence-electron chi connectivity index (χ4n) is 1.72. The van der Waals surface area contributed by atoms with Gasteiger partial charge in [0, 0.05) is 24.4 Å². The standard InChI is InChI=1S/C13H22N4O3S/c1-3-21-5-4-9(2)16-13(20)17-11(12(18)19)6-10-7-14-8-15-10/h7-9,11H,3-6H2,1-2H3,(H,14,15)(H,18,19)(H2,16,17,20)/t9?,11-/m1/s1. The molecule has 2 amide bonds. The van der Waals surface area contributed by atoms with Crippen molar-refractivity contribution < 1.29 is 14.7 Å². The third kappa shape index (κ3) is 7.03. The second kappa shape index (κ2) is 9.28. The summed E-state index contributed by atoms with van der Waals surface area (Å²) in [7, 11) is 0. The zero-order valence-electron chi connectivity index (χ0n) is 12.3.